The molecule has 0 aliphatic heterocycles. The third-order valence-corrected chi connectivity index (χ3v) is 4.19. The van der Waals surface area contributed by atoms with Gasteiger partial charge in [-0.3, -0.25) is 9.59 Å². The number of carbonyl (C=O) groups excluding carboxylic acids is 2. The van der Waals surface area contributed by atoms with E-state index in [2.05, 4.69) is 10.6 Å². The summed E-state index contributed by atoms with van der Waals surface area (Å²) in [4.78, 5) is 24.3. The highest BCUT2D eigenvalue weighted by Crippen LogP contribution is 2.25. The van der Waals surface area contributed by atoms with Crippen LogP contribution in [0.3, 0.4) is 0 Å². The van der Waals surface area contributed by atoms with Crippen molar-refractivity contribution < 1.29 is 19.1 Å². The fourth-order valence-corrected chi connectivity index (χ4v) is 2.25. The van der Waals surface area contributed by atoms with Gasteiger partial charge in [-0.05, 0) is 56.7 Å². The monoisotopic (exact) mass is 370 g/mol. The number of methoxy groups -OCH3 is 1. The number of ether oxygens (including phenoxy) is 2. The van der Waals surface area contributed by atoms with Crippen LogP contribution in [0.5, 0.6) is 11.5 Å². The minimum absolute atomic E-state index is 0.140. The number of hydrogen-bond acceptors (Lipinski definition) is 4. The molecular weight excluding hydrogens is 344 g/mol. The summed E-state index contributed by atoms with van der Waals surface area (Å²) in [7, 11) is 1.54. The van der Waals surface area contributed by atoms with E-state index >= 15 is 0 Å². The molecule has 0 unspecified atom stereocenters. The molecule has 27 heavy (non-hydrogen) atoms. The lowest BCUT2D eigenvalue weighted by molar-refractivity contribution is -0.118. The van der Waals surface area contributed by atoms with Crippen LogP contribution in [0.1, 0.15) is 37.6 Å². The Morgan fingerprint density at radius 2 is 1.63 bits per heavy atom. The molecule has 6 heteroatoms. The molecule has 0 aliphatic carbocycles. The molecule has 0 spiro atoms. The quantitative estimate of drug-likeness (QED) is 0.744. The van der Waals surface area contributed by atoms with Crippen molar-refractivity contribution in [1.29, 1.82) is 0 Å². The zero-order valence-electron chi connectivity index (χ0n) is 16.2. The van der Waals surface area contributed by atoms with Crippen LogP contribution in [0.25, 0.3) is 0 Å². The standard InChI is InChI=1S/C21H26N2O4/c1-5-21(2,3)23-20(25)15-10-12-16(13-11-15)22-19(24)14-27-18-9-7-6-8-17(18)26-4/h6-13H,5,14H2,1-4H3,(H,22,24)(H,23,25). The van der Waals surface area contributed by atoms with Crippen LogP contribution in [-0.4, -0.2) is 31.1 Å². The average molecular weight is 370 g/mol. The van der Waals surface area contributed by atoms with Crippen LogP contribution in [0.15, 0.2) is 48.5 Å². The zero-order valence-corrected chi connectivity index (χ0v) is 16.2. The van der Waals surface area contributed by atoms with Gasteiger partial charge in [0.1, 0.15) is 0 Å². The summed E-state index contributed by atoms with van der Waals surface area (Å²) in [5.41, 5.74) is 0.870. The van der Waals surface area contributed by atoms with Crippen LogP contribution in [0, 0.1) is 0 Å². The molecule has 0 radical (unpaired) electrons. The molecular formula is C21H26N2O4. The maximum Gasteiger partial charge on any atom is 0.262 e. The molecule has 2 rings (SSSR count). The second-order valence-corrected chi connectivity index (χ2v) is 6.76. The van der Waals surface area contributed by atoms with Gasteiger partial charge in [0.2, 0.25) is 0 Å². The van der Waals surface area contributed by atoms with Crippen molar-refractivity contribution in [2.45, 2.75) is 32.7 Å². The molecule has 0 saturated carbocycles. The summed E-state index contributed by atoms with van der Waals surface area (Å²) in [5.74, 6) is 0.626. The first-order valence-corrected chi connectivity index (χ1v) is 8.83. The molecule has 0 fully saturated rings. The second-order valence-electron chi connectivity index (χ2n) is 6.76. The van der Waals surface area contributed by atoms with Crippen molar-refractivity contribution >= 4 is 17.5 Å². The molecule has 0 aliphatic rings. The molecule has 0 aromatic heterocycles. The minimum atomic E-state index is -0.301. The van der Waals surface area contributed by atoms with E-state index in [0.717, 1.165) is 6.42 Å². The number of amides is 2. The minimum Gasteiger partial charge on any atom is -0.493 e. The molecule has 0 saturated heterocycles. The van der Waals surface area contributed by atoms with Gasteiger partial charge in [-0.2, -0.15) is 0 Å². The van der Waals surface area contributed by atoms with E-state index in [1.807, 2.05) is 26.8 Å². The van der Waals surface area contributed by atoms with E-state index in [9.17, 15) is 9.59 Å². The smallest absolute Gasteiger partial charge is 0.262 e. The highest BCUT2D eigenvalue weighted by Gasteiger charge is 2.18. The van der Waals surface area contributed by atoms with Crippen molar-refractivity contribution in [3.8, 4) is 11.5 Å². The van der Waals surface area contributed by atoms with E-state index in [0.29, 0.717) is 22.7 Å². The normalized spacial score (nSPS) is 10.8. The summed E-state index contributed by atoms with van der Waals surface area (Å²) in [5, 5.41) is 5.71. The Bertz CT molecular complexity index is 785. The van der Waals surface area contributed by atoms with Crippen LogP contribution >= 0.6 is 0 Å². The molecule has 0 heterocycles. The average Bonchev–Trinajstić information content (AvgIpc) is 2.66. The summed E-state index contributed by atoms with van der Waals surface area (Å²) in [6.45, 7) is 5.82. The van der Waals surface area contributed by atoms with Crippen LogP contribution in [-0.2, 0) is 4.79 Å². The van der Waals surface area contributed by atoms with Crippen molar-refractivity contribution in [3.05, 3.63) is 54.1 Å². The Morgan fingerprint density at radius 1 is 1.00 bits per heavy atom. The zero-order chi connectivity index (χ0) is 19.9. The maximum atomic E-state index is 12.2. The number of anilines is 1. The van der Waals surface area contributed by atoms with Gasteiger partial charge in [0, 0.05) is 16.8 Å². The summed E-state index contributed by atoms with van der Waals surface area (Å²) < 4.78 is 10.7. The number of benzene rings is 2. The lowest BCUT2D eigenvalue weighted by Gasteiger charge is -2.24. The first-order chi connectivity index (χ1) is 12.8. The van der Waals surface area contributed by atoms with Gasteiger partial charge in [-0.15, -0.1) is 0 Å². The molecule has 2 amide bonds. The van der Waals surface area contributed by atoms with Gasteiger partial charge in [-0.1, -0.05) is 19.1 Å². The predicted octanol–water partition coefficient (Wildman–Crippen LogP) is 3.63. The molecule has 2 aromatic carbocycles. The lowest BCUT2D eigenvalue weighted by Crippen LogP contribution is -2.42. The van der Waals surface area contributed by atoms with Crippen LogP contribution in [0.2, 0.25) is 0 Å². The largest absolute Gasteiger partial charge is 0.493 e. The van der Waals surface area contributed by atoms with Gasteiger partial charge in [-0.25, -0.2) is 0 Å². The maximum absolute atomic E-state index is 12.2. The summed E-state index contributed by atoms with van der Waals surface area (Å²) >= 11 is 0. The fourth-order valence-electron chi connectivity index (χ4n) is 2.25. The highest BCUT2D eigenvalue weighted by atomic mass is 16.5. The van der Waals surface area contributed by atoms with E-state index < -0.39 is 0 Å². The van der Waals surface area contributed by atoms with Crippen molar-refractivity contribution in [2.24, 2.45) is 0 Å². The predicted molar refractivity (Wildman–Crippen MR) is 105 cm³/mol. The number of carbonyl (C=O) groups is 2. The number of rotatable bonds is 8. The van der Waals surface area contributed by atoms with Crippen molar-refractivity contribution in [1.82, 2.24) is 5.32 Å². The topological polar surface area (TPSA) is 76.7 Å². The van der Waals surface area contributed by atoms with Crippen molar-refractivity contribution in [2.75, 3.05) is 19.0 Å². The third-order valence-electron chi connectivity index (χ3n) is 4.19. The first kappa shape index (κ1) is 20.3. The molecule has 2 N–H and O–H groups in total. The summed E-state index contributed by atoms with van der Waals surface area (Å²) in [6, 6.07) is 13.9. The number of hydrogen-bond donors (Lipinski definition) is 2. The lowest BCUT2D eigenvalue weighted by atomic mass is 10.0. The summed E-state index contributed by atoms with van der Waals surface area (Å²) in [6.07, 6.45) is 0.832. The van der Waals surface area contributed by atoms with Crippen molar-refractivity contribution in [3.63, 3.8) is 0 Å². The Balaban J connectivity index is 1.90. The number of para-hydroxylation sites is 2. The first-order valence-electron chi connectivity index (χ1n) is 8.83. The van der Waals surface area contributed by atoms with Gasteiger partial charge in [0.15, 0.2) is 18.1 Å². The molecule has 0 bridgehead atoms. The van der Waals surface area contributed by atoms with Gasteiger partial charge in [0.05, 0.1) is 7.11 Å². The van der Waals surface area contributed by atoms with Gasteiger partial charge in [0.25, 0.3) is 11.8 Å². The Hall–Kier alpha value is -3.02. The van der Waals surface area contributed by atoms with Crippen LogP contribution in [0.4, 0.5) is 5.69 Å². The number of nitrogens with one attached hydrogen (secondary N) is 2. The van der Waals surface area contributed by atoms with Crippen LogP contribution < -0.4 is 20.1 Å². The highest BCUT2D eigenvalue weighted by molar-refractivity contribution is 5.96. The third kappa shape index (κ3) is 6.02. The second kappa shape index (κ2) is 9.07. The molecule has 2 aromatic rings. The van der Waals surface area contributed by atoms with Gasteiger partial charge < -0.3 is 20.1 Å². The van der Waals surface area contributed by atoms with E-state index in [1.54, 1.807) is 49.6 Å². The van der Waals surface area contributed by atoms with Gasteiger partial charge >= 0.3 is 0 Å². The Labute approximate surface area is 159 Å². The molecule has 6 nitrogen and oxygen atoms in total. The Morgan fingerprint density at radius 3 is 2.22 bits per heavy atom. The fraction of sp³-hybridized carbons (Fsp3) is 0.333. The molecule has 0 atom stereocenters. The van der Waals surface area contributed by atoms with E-state index in [1.165, 1.54) is 0 Å². The van der Waals surface area contributed by atoms with E-state index in [-0.39, 0.29) is 24.0 Å². The molecule has 144 valence electrons. The van der Waals surface area contributed by atoms with E-state index in [4.69, 9.17) is 9.47 Å². The SMILES string of the molecule is CCC(C)(C)NC(=O)c1ccc(NC(=O)COc2ccccc2OC)cc1. The Kier molecular flexibility index (Phi) is 6.82.